The number of hydrogen-bond acceptors (Lipinski definition) is 3. The normalized spacial score (nSPS) is 32.7. The monoisotopic (exact) mass is 224 g/mol. The zero-order chi connectivity index (χ0) is 11.8. The van der Waals surface area contributed by atoms with E-state index in [0.29, 0.717) is 0 Å². The van der Waals surface area contributed by atoms with Crippen molar-refractivity contribution in [1.82, 2.24) is 9.80 Å². The van der Waals surface area contributed by atoms with Crippen LogP contribution < -0.4 is 0 Å². The van der Waals surface area contributed by atoms with Gasteiger partial charge in [-0.15, -0.1) is 0 Å². The molecule has 0 aromatic carbocycles. The van der Waals surface area contributed by atoms with E-state index in [0.717, 1.165) is 38.0 Å². The van der Waals surface area contributed by atoms with Gasteiger partial charge in [0, 0.05) is 30.6 Å². The summed E-state index contributed by atoms with van der Waals surface area (Å²) in [5, 5.41) is 0. The van der Waals surface area contributed by atoms with Crippen molar-refractivity contribution < 1.29 is 4.79 Å². The van der Waals surface area contributed by atoms with Gasteiger partial charge in [-0.05, 0) is 32.9 Å². The number of carbonyl (C=O) groups is 1. The number of carbonyl (C=O) groups excluding carboxylic acids is 1. The molecule has 2 heterocycles. The van der Waals surface area contributed by atoms with Crippen molar-refractivity contribution in [1.29, 1.82) is 0 Å². The summed E-state index contributed by atoms with van der Waals surface area (Å²) in [6.45, 7) is 7.28. The summed E-state index contributed by atoms with van der Waals surface area (Å²) in [6, 6.07) is 1.50. The van der Waals surface area contributed by atoms with Crippen LogP contribution in [0.4, 0.5) is 0 Å². The molecule has 3 nitrogen and oxygen atoms in total. The molecule has 2 aliphatic heterocycles. The Balaban J connectivity index is 1.96. The van der Waals surface area contributed by atoms with Crippen LogP contribution in [0.3, 0.4) is 0 Å². The molecule has 0 aromatic rings. The van der Waals surface area contributed by atoms with Gasteiger partial charge in [-0.25, -0.2) is 0 Å². The molecule has 2 unspecified atom stereocenters. The second-order valence-electron chi connectivity index (χ2n) is 6.18. The molecule has 92 valence electrons. The Kier molecular flexibility index (Phi) is 3.36. The fourth-order valence-electron chi connectivity index (χ4n) is 3.14. The molecule has 0 N–H and O–H groups in total. The highest BCUT2D eigenvalue weighted by Gasteiger charge is 2.35. The van der Waals surface area contributed by atoms with Gasteiger partial charge < -0.3 is 9.69 Å². The maximum atomic E-state index is 11.0. The van der Waals surface area contributed by atoms with E-state index in [-0.39, 0.29) is 5.41 Å². The summed E-state index contributed by atoms with van der Waals surface area (Å²) in [5.74, 6) is 0. The lowest BCUT2D eigenvalue weighted by molar-refractivity contribution is -0.115. The molecule has 0 amide bonds. The average molecular weight is 224 g/mol. The molecule has 2 saturated heterocycles. The quantitative estimate of drug-likeness (QED) is 0.677. The third kappa shape index (κ3) is 2.46. The summed E-state index contributed by atoms with van der Waals surface area (Å²) in [7, 11) is 2.26. The molecule has 0 aromatic heterocycles. The molecule has 3 heteroatoms. The predicted molar refractivity (Wildman–Crippen MR) is 65.5 cm³/mol. The zero-order valence-corrected chi connectivity index (χ0v) is 10.8. The summed E-state index contributed by atoms with van der Waals surface area (Å²) >= 11 is 0. The lowest BCUT2D eigenvalue weighted by Crippen LogP contribution is -2.41. The van der Waals surface area contributed by atoms with Crippen LogP contribution in [0.1, 0.15) is 33.1 Å². The van der Waals surface area contributed by atoms with E-state index in [1.807, 2.05) is 13.8 Å². The molecular formula is C13H24N2O. The molecule has 2 atom stereocenters. The van der Waals surface area contributed by atoms with Gasteiger partial charge in [0.1, 0.15) is 6.29 Å². The molecule has 16 heavy (non-hydrogen) atoms. The Morgan fingerprint density at radius 2 is 1.94 bits per heavy atom. The molecule has 2 bridgehead atoms. The summed E-state index contributed by atoms with van der Waals surface area (Å²) in [4.78, 5) is 16.0. The lowest BCUT2D eigenvalue weighted by atomic mass is 9.94. The molecule has 2 aliphatic rings. The molecule has 0 saturated carbocycles. The van der Waals surface area contributed by atoms with Crippen molar-refractivity contribution in [3.63, 3.8) is 0 Å². The number of hydrogen-bond donors (Lipinski definition) is 0. The Bertz CT molecular complexity index is 265. The number of aldehydes is 1. The van der Waals surface area contributed by atoms with Crippen LogP contribution in [-0.4, -0.2) is 54.9 Å². The first-order valence-electron chi connectivity index (χ1n) is 6.42. The van der Waals surface area contributed by atoms with Crippen LogP contribution in [0, 0.1) is 5.41 Å². The van der Waals surface area contributed by atoms with Crippen molar-refractivity contribution in [3.05, 3.63) is 0 Å². The van der Waals surface area contributed by atoms with Crippen molar-refractivity contribution in [2.75, 3.05) is 26.7 Å². The van der Waals surface area contributed by atoms with Gasteiger partial charge in [-0.1, -0.05) is 13.8 Å². The van der Waals surface area contributed by atoms with Gasteiger partial charge in [0.15, 0.2) is 0 Å². The van der Waals surface area contributed by atoms with Gasteiger partial charge >= 0.3 is 0 Å². The summed E-state index contributed by atoms with van der Waals surface area (Å²) in [5.41, 5.74) is -0.192. The van der Waals surface area contributed by atoms with E-state index in [1.54, 1.807) is 0 Å². The first kappa shape index (κ1) is 12.1. The smallest absolute Gasteiger partial charge is 0.126 e. The van der Waals surface area contributed by atoms with E-state index in [9.17, 15) is 4.79 Å². The summed E-state index contributed by atoms with van der Waals surface area (Å²) in [6.07, 6.45) is 5.06. The largest absolute Gasteiger partial charge is 0.303 e. The highest BCUT2D eigenvalue weighted by molar-refractivity contribution is 5.58. The molecule has 0 spiro atoms. The van der Waals surface area contributed by atoms with Gasteiger partial charge in [-0.2, -0.15) is 0 Å². The van der Waals surface area contributed by atoms with Gasteiger partial charge in [0.05, 0.1) is 0 Å². The highest BCUT2D eigenvalue weighted by atomic mass is 16.1. The third-order valence-electron chi connectivity index (χ3n) is 4.18. The molecular weight excluding hydrogens is 200 g/mol. The van der Waals surface area contributed by atoms with E-state index < -0.39 is 0 Å². The Hall–Kier alpha value is -0.410. The number of rotatable bonds is 3. The van der Waals surface area contributed by atoms with Gasteiger partial charge in [0.25, 0.3) is 0 Å². The SMILES string of the molecule is CN1C2CCC1CN(CC(C)(C)C=O)CC2. The minimum absolute atomic E-state index is 0.192. The van der Waals surface area contributed by atoms with E-state index in [2.05, 4.69) is 16.8 Å². The highest BCUT2D eigenvalue weighted by Crippen LogP contribution is 2.29. The number of nitrogens with zero attached hydrogens (tertiary/aromatic N) is 2. The fraction of sp³-hybridized carbons (Fsp3) is 0.923. The minimum atomic E-state index is -0.192. The van der Waals surface area contributed by atoms with E-state index in [4.69, 9.17) is 0 Å². The first-order chi connectivity index (χ1) is 7.52. The van der Waals surface area contributed by atoms with Gasteiger partial charge in [0.2, 0.25) is 0 Å². The number of likely N-dealkylation sites (tertiary alicyclic amines) is 1. The topological polar surface area (TPSA) is 23.6 Å². The maximum Gasteiger partial charge on any atom is 0.126 e. The molecule has 2 rings (SSSR count). The van der Waals surface area contributed by atoms with Crippen LogP contribution in [0.25, 0.3) is 0 Å². The third-order valence-corrected chi connectivity index (χ3v) is 4.18. The van der Waals surface area contributed by atoms with Crippen molar-refractivity contribution in [2.45, 2.75) is 45.2 Å². The van der Waals surface area contributed by atoms with E-state index in [1.165, 1.54) is 19.3 Å². The minimum Gasteiger partial charge on any atom is -0.303 e. The van der Waals surface area contributed by atoms with E-state index >= 15 is 0 Å². The summed E-state index contributed by atoms with van der Waals surface area (Å²) < 4.78 is 0. The Morgan fingerprint density at radius 1 is 1.25 bits per heavy atom. The van der Waals surface area contributed by atoms with Crippen LogP contribution >= 0.6 is 0 Å². The molecule has 2 fully saturated rings. The Labute approximate surface area is 98.8 Å². The van der Waals surface area contributed by atoms with Crippen LogP contribution in [0.5, 0.6) is 0 Å². The van der Waals surface area contributed by atoms with Crippen molar-refractivity contribution in [3.8, 4) is 0 Å². The molecule has 0 radical (unpaired) electrons. The molecule has 0 aliphatic carbocycles. The fourth-order valence-corrected chi connectivity index (χ4v) is 3.14. The van der Waals surface area contributed by atoms with Crippen LogP contribution in [0.2, 0.25) is 0 Å². The van der Waals surface area contributed by atoms with Crippen molar-refractivity contribution >= 4 is 6.29 Å². The first-order valence-corrected chi connectivity index (χ1v) is 6.42. The predicted octanol–water partition coefficient (Wildman–Crippen LogP) is 1.38. The van der Waals surface area contributed by atoms with Crippen LogP contribution in [0.15, 0.2) is 0 Å². The average Bonchev–Trinajstić information content (AvgIpc) is 2.47. The lowest BCUT2D eigenvalue weighted by Gasteiger charge is -2.30. The van der Waals surface area contributed by atoms with Gasteiger partial charge in [-0.3, -0.25) is 4.90 Å². The maximum absolute atomic E-state index is 11.0. The second kappa shape index (κ2) is 4.46. The van der Waals surface area contributed by atoms with Crippen LogP contribution in [-0.2, 0) is 4.79 Å². The second-order valence-corrected chi connectivity index (χ2v) is 6.18. The number of fused-ring (bicyclic) bond motifs is 2. The number of likely N-dealkylation sites (N-methyl/N-ethyl adjacent to an activating group) is 1. The standard InChI is InChI=1S/C13H24N2O/c1-13(2,10-16)9-15-7-6-11-4-5-12(8-15)14(11)3/h10-12H,4-9H2,1-3H3. The zero-order valence-electron chi connectivity index (χ0n) is 10.8. The Morgan fingerprint density at radius 3 is 2.62 bits per heavy atom. The van der Waals surface area contributed by atoms with Crippen molar-refractivity contribution in [2.24, 2.45) is 5.41 Å².